The second kappa shape index (κ2) is 4.34. The summed E-state index contributed by atoms with van der Waals surface area (Å²) in [5.41, 5.74) is 0. The molecule has 0 bridgehead atoms. The van der Waals surface area contributed by atoms with Crippen molar-refractivity contribution in [3.8, 4) is 0 Å². The van der Waals surface area contributed by atoms with Crippen LogP contribution in [-0.2, 0) is 0 Å². The first kappa shape index (κ1) is 10.1. The van der Waals surface area contributed by atoms with Gasteiger partial charge < -0.3 is 4.89 Å². The Labute approximate surface area is 74.1 Å². The lowest BCUT2D eigenvalue weighted by molar-refractivity contribution is 0.309. The van der Waals surface area contributed by atoms with Crippen LogP contribution in [0.2, 0.25) is 0 Å². The van der Waals surface area contributed by atoms with E-state index in [4.69, 9.17) is 0 Å². The summed E-state index contributed by atoms with van der Waals surface area (Å²) in [6, 6.07) is 0. The van der Waals surface area contributed by atoms with Crippen molar-refractivity contribution in [1.82, 2.24) is 0 Å². The number of allylic oxidation sites excluding steroid dienone is 1. The van der Waals surface area contributed by atoms with E-state index < -0.39 is 13.7 Å². The lowest BCUT2D eigenvalue weighted by Gasteiger charge is -2.27. The number of halogens is 1. The van der Waals surface area contributed by atoms with Crippen LogP contribution in [0, 0.1) is 0 Å². The summed E-state index contributed by atoms with van der Waals surface area (Å²) in [6.07, 6.45) is 5.37. The molecule has 12 heavy (non-hydrogen) atoms. The molecule has 0 aromatic rings. The molecular weight excluding hydrogens is 174 g/mol. The van der Waals surface area contributed by atoms with E-state index in [-0.39, 0.29) is 0 Å². The standard InChI is InChI=1S/C9H17FOP/c1-2-6-12(11)7-3-4-9(10)5-8-12/h2,9,11H,1,3-8H2. The van der Waals surface area contributed by atoms with Crippen LogP contribution in [0.4, 0.5) is 4.39 Å². The molecule has 1 aliphatic rings. The van der Waals surface area contributed by atoms with Crippen LogP contribution in [0.1, 0.15) is 19.3 Å². The van der Waals surface area contributed by atoms with Crippen LogP contribution in [-0.4, -0.2) is 29.6 Å². The molecule has 2 atom stereocenters. The molecule has 2 unspecified atom stereocenters. The number of rotatable bonds is 2. The number of alkyl halides is 1. The van der Waals surface area contributed by atoms with Gasteiger partial charge in [-0.1, -0.05) is 6.08 Å². The summed E-state index contributed by atoms with van der Waals surface area (Å²) >= 11 is 0. The number of hydrogen-bond acceptors (Lipinski definition) is 1. The first-order valence-corrected chi connectivity index (χ1v) is 6.80. The van der Waals surface area contributed by atoms with Gasteiger partial charge in [-0.25, -0.2) is 4.39 Å². The Bertz CT molecular complexity index is 163. The van der Waals surface area contributed by atoms with Gasteiger partial charge in [0.2, 0.25) is 0 Å². The first-order chi connectivity index (χ1) is 5.66. The minimum atomic E-state index is -1.80. The third-order valence-corrected chi connectivity index (χ3v) is 5.60. The fourth-order valence-corrected chi connectivity index (χ4v) is 4.27. The van der Waals surface area contributed by atoms with Crippen LogP contribution in [0.5, 0.6) is 0 Å². The van der Waals surface area contributed by atoms with Crippen molar-refractivity contribution in [2.45, 2.75) is 25.4 Å². The molecule has 1 radical (unpaired) electrons. The van der Waals surface area contributed by atoms with Gasteiger partial charge in [-0.3, -0.25) is 0 Å². The molecule has 1 saturated heterocycles. The maximum atomic E-state index is 12.9. The average Bonchev–Trinajstić information content (AvgIpc) is 2.15. The zero-order valence-electron chi connectivity index (χ0n) is 7.38. The zero-order chi connectivity index (χ0) is 9.03. The summed E-state index contributed by atoms with van der Waals surface area (Å²) in [5, 5.41) is 0. The maximum Gasteiger partial charge on any atom is 0.101 e. The van der Waals surface area contributed by atoms with E-state index in [1.54, 1.807) is 6.08 Å². The Kier molecular flexibility index (Phi) is 3.67. The molecule has 0 amide bonds. The average molecular weight is 191 g/mol. The van der Waals surface area contributed by atoms with Crippen LogP contribution in [0.15, 0.2) is 12.7 Å². The van der Waals surface area contributed by atoms with Crippen molar-refractivity contribution in [3.63, 3.8) is 0 Å². The third kappa shape index (κ3) is 2.84. The molecule has 1 rings (SSSR count). The van der Waals surface area contributed by atoms with Crippen molar-refractivity contribution in [1.29, 1.82) is 0 Å². The highest BCUT2D eigenvalue weighted by atomic mass is 31.2. The predicted octanol–water partition coefficient (Wildman–Crippen LogP) is 2.62. The fourth-order valence-electron chi connectivity index (χ4n) is 1.67. The predicted molar refractivity (Wildman–Crippen MR) is 52.7 cm³/mol. The molecule has 0 spiro atoms. The monoisotopic (exact) mass is 191 g/mol. The molecule has 1 nitrogen and oxygen atoms in total. The molecule has 1 N–H and O–H groups in total. The second-order valence-electron chi connectivity index (χ2n) is 3.54. The second-order valence-corrected chi connectivity index (χ2v) is 6.99. The molecule has 0 aromatic heterocycles. The lowest BCUT2D eigenvalue weighted by atomic mass is 10.2. The minimum absolute atomic E-state index is 0.554. The van der Waals surface area contributed by atoms with Crippen LogP contribution in [0.3, 0.4) is 0 Å². The maximum absolute atomic E-state index is 12.9. The largest absolute Gasteiger partial charge is 0.380 e. The molecule has 71 valence electrons. The number of hydrogen-bond donors (Lipinski definition) is 1. The van der Waals surface area contributed by atoms with Gasteiger partial charge in [0.15, 0.2) is 0 Å². The highest BCUT2D eigenvalue weighted by Gasteiger charge is 2.27. The molecule has 1 heterocycles. The van der Waals surface area contributed by atoms with E-state index in [9.17, 15) is 9.28 Å². The summed E-state index contributed by atoms with van der Waals surface area (Å²) in [6.45, 7) is 3.62. The van der Waals surface area contributed by atoms with E-state index in [1.807, 2.05) is 0 Å². The highest BCUT2D eigenvalue weighted by molar-refractivity contribution is 7.70. The summed E-state index contributed by atoms with van der Waals surface area (Å²) in [4.78, 5) is 10.0. The van der Waals surface area contributed by atoms with Crippen LogP contribution < -0.4 is 0 Å². The molecule has 0 aromatic carbocycles. The van der Waals surface area contributed by atoms with E-state index in [1.165, 1.54) is 0 Å². The Morgan fingerprint density at radius 2 is 2.25 bits per heavy atom. The molecule has 3 heteroatoms. The van der Waals surface area contributed by atoms with Gasteiger partial charge in [0.25, 0.3) is 0 Å². The molecule has 1 aliphatic heterocycles. The Balaban J connectivity index is 2.48. The molecular formula is C9H17FOP. The van der Waals surface area contributed by atoms with Gasteiger partial charge in [-0.15, -0.1) is 6.58 Å². The van der Waals surface area contributed by atoms with Crippen molar-refractivity contribution < 1.29 is 9.28 Å². The van der Waals surface area contributed by atoms with E-state index >= 15 is 0 Å². The van der Waals surface area contributed by atoms with Gasteiger partial charge >= 0.3 is 0 Å². The summed E-state index contributed by atoms with van der Waals surface area (Å²) in [5.74, 6) is 0. The topological polar surface area (TPSA) is 20.2 Å². The Morgan fingerprint density at radius 3 is 2.92 bits per heavy atom. The normalized spacial score (nSPS) is 37.3. The molecule has 0 saturated carbocycles. The quantitative estimate of drug-likeness (QED) is 0.525. The smallest absolute Gasteiger partial charge is 0.101 e. The molecule has 1 fully saturated rings. The van der Waals surface area contributed by atoms with Gasteiger partial charge in [-0.05, 0) is 39.1 Å². The minimum Gasteiger partial charge on any atom is -0.380 e. The van der Waals surface area contributed by atoms with Gasteiger partial charge in [0.1, 0.15) is 6.17 Å². The van der Waals surface area contributed by atoms with Crippen molar-refractivity contribution in [2.24, 2.45) is 0 Å². The summed E-state index contributed by atoms with van der Waals surface area (Å²) in [7, 11) is -1.80. The van der Waals surface area contributed by atoms with Gasteiger partial charge in [-0.2, -0.15) is 0 Å². The molecule has 0 aliphatic carbocycles. The zero-order valence-corrected chi connectivity index (χ0v) is 8.27. The SMILES string of the molecule is C=CC[P]1(O)CCCC(F)CC1. The van der Waals surface area contributed by atoms with Crippen LogP contribution >= 0.6 is 7.49 Å². The Hall–Kier alpha value is 0.0600. The van der Waals surface area contributed by atoms with Crippen molar-refractivity contribution in [2.75, 3.05) is 18.5 Å². The van der Waals surface area contributed by atoms with Gasteiger partial charge in [0.05, 0.1) is 0 Å². The van der Waals surface area contributed by atoms with E-state index in [0.29, 0.717) is 25.2 Å². The van der Waals surface area contributed by atoms with E-state index in [0.717, 1.165) is 12.6 Å². The van der Waals surface area contributed by atoms with Crippen molar-refractivity contribution in [3.05, 3.63) is 12.7 Å². The van der Waals surface area contributed by atoms with E-state index in [2.05, 4.69) is 6.58 Å². The van der Waals surface area contributed by atoms with Gasteiger partial charge in [0, 0.05) is 6.16 Å². The van der Waals surface area contributed by atoms with Crippen molar-refractivity contribution >= 4 is 7.49 Å². The highest BCUT2D eigenvalue weighted by Crippen LogP contribution is 2.57. The first-order valence-electron chi connectivity index (χ1n) is 4.50. The third-order valence-electron chi connectivity index (χ3n) is 2.42. The Morgan fingerprint density at radius 1 is 1.50 bits per heavy atom. The fraction of sp³-hybridized carbons (Fsp3) is 0.778. The van der Waals surface area contributed by atoms with Crippen LogP contribution in [0.25, 0.3) is 0 Å². The summed E-state index contributed by atoms with van der Waals surface area (Å²) < 4.78 is 12.9. The lowest BCUT2D eigenvalue weighted by Crippen LogP contribution is -2.04.